The highest BCUT2D eigenvalue weighted by molar-refractivity contribution is 6.24. The fourth-order valence-corrected chi connectivity index (χ4v) is 2.36. The summed E-state index contributed by atoms with van der Waals surface area (Å²) in [5.41, 5.74) is 2.40. The molecule has 1 saturated heterocycles. The standard InChI is InChI=1S/C16H17BNO2/c1-3-7-13(8-4-1)11-19-12-15-16(18-17-20-15)14-9-5-2-6-10-14/h1-10,15-16,18H,11-12H2/t15-,16+/m0/s1. The summed E-state index contributed by atoms with van der Waals surface area (Å²) in [4.78, 5) is 0. The van der Waals surface area contributed by atoms with E-state index < -0.39 is 0 Å². The molecule has 0 bridgehead atoms. The molecule has 1 radical (unpaired) electrons. The average Bonchev–Trinajstić information content (AvgIpc) is 2.98. The summed E-state index contributed by atoms with van der Waals surface area (Å²) in [7, 11) is 1.66. The van der Waals surface area contributed by atoms with Crippen LogP contribution in [0.4, 0.5) is 0 Å². The Bertz CT molecular complexity index is 521. The van der Waals surface area contributed by atoms with Gasteiger partial charge in [0.05, 0.1) is 25.4 Å². The summed E-state index contributed by atoms with van der Waals surface area (Å²) in [5, 5.41) is 3.24. The van der Waals surface area contributed by atoms with Crippen LogP contribution in [0.2, 0.25) is 0 Å². The summed E-state index contributed by atoms with van der Waals surface area (Å²) in [6.07, 6.45) is 0.0149. The molecule has 0 amide bonds. The zero-order chi connectivity index (χ0) is 13.6. The van der Waals surface area contributed by atoms with E-state index in [9.17, 15) is 0 Å². The van der Waals surface area contributed by atoms with Crippen LogP contribution in [0.1, 0.15) is 17.2 Å². The van der Waals surface area contributed by atoms with E-state index in [2.05, 4.69) is 29.5 Å². The van der Waals surface area contributed by atoms with Crippen LogP contribution in [0.25, 0.3) is 0 Å². The Balaban J connectivity index is 1.54. The van der Waals surface area contributed by atoms with Crippen LogP contribution in [-0.4, -0.2) is 20.3 Å². The van der Waals surface area contributed by atoms with Crippen molar-refractivity contribution in [2.24, 2.45) is 0 Å². The lowest BCUT2D eigenvalue weighted by Gasteiger charge is -2.19. The zero-order valence-electron chi connectivity index (χ0n) is 11.2. The van der Waals surface area contributed by atoms with Crippen molar-refractivity contribution >= 4 is 7.62 Å². The Morgan fingerprint density at radius 1 is 1.00 bits per heavy atom. The van der Waals surface area contributed by atoms with Crippen LogP contribution in [-0.2, 0) is 16.0 Å². The van der Waals surface area contributed by atoms with Gasteiger partial charge in [-0.2, -0.15) is 0 Å². The highest BCUT2D eigenvalue weighted by Gasteiger charge is 2.29. The SMILES string of the molecule is [B]1N[C@H](c2ccccc2)[C@H](COCc2ccccc2)O1. The third-order valence-corrected chi connectivity index (χ3v) is 3.41. The van der Waals surface area contributed by atoms with Gasteiger partial charge in [-0.25, -0.2) is 0 Å². The summed E-state index contributed by atoms with van der Waals surface area (Å²) in [6.45, 7) is 1.18. The first kappa shape index (κ1) is 13.4. The van der Waals surface area contributed by atoms with E-state index in [1.165, 1.54) is 11.1 Å². The Morgan fingerprint density at radius 3 is 2.45 bits per heavy atom. The molecule has 2 aromatic carbocycles. The summed E-state index contributed by atoms with van der Waals surface area (Å²) in [5.74, 6) is 0. The minimum absolute atomic E-state index is 0.0149. The highest BCUT2D eigenvalue weighted by Crippen LogP contribution is 2.23. The molecule has 0 aromatic heterocycles. The molecule has 2 atom stereocenters. The first-order valence-electron chi connectivity index (χ1n) is 6.83. The minimum atomic E-state index is 0.0149. The Hall–Kier alpha value is -1.62. The second kappa shape index (κ2) is 6.70. The number of hydrogen-bond donors (Lipinski definition) is 1. The van der Waals surface area contributed by atoms with Crippen LogP contribution in [0.5, 0.6) is 0 Å². The predicted molar refractivity (Wildman–Crippen MR) is 79.0 cm³/mol. The monoisotopic (exact) mass is 266 g/mol. The predicted octanol–water partition coefficient (Wildman–Crippen LogP) is 2.47. The zero-order valence-corrected chi connectivity index (χ0v) is 11.2. The van der Waals surface area contributed by atoms with Crippen LogP contribution in [0.3, 0.4) is 0 Å². The number of hydrogen-bond acceptors (Lipinski definition) is 3. The van der Waals surface area contributed by atoms with Crippen LogP contribution in [0.15, 0.2) is 60.7 Å². The quantitative estimate of drug-likeness (QED) is 0.843. The minimum Gasteiger partial charge on any atom is -0.417 e. The maximum atomic E-state index is 5.77. The fraction of sp³-hybridized carbons (Fsp3) is 0.250. The van der Waals surface area contributed by atoms with Gasteiger partial charge in [0.1, 0.15) is 0 Å². The average molecular weight is 266 g/mol. The van der Waals surface area contributed by atoms with Crippen molar-refractivity contribution in [3.8, 4) is 0 Å². The van der Waals surface area contributed by atoms with Gasteiger partial charge in [-0.15, -0.1) is 0 Å². The van der Waals surface area contributed by atoms with Crippen molar-refractivity contribution in [3.63, 3.8) is 0 Å². The Labute approximate surface area is 120 Å². The van der Waals surface area contributed by atoms with Gasteiger partial charge in [-0.3, -0.25) is 0 Å². The molecule has 4 heteroatoms. The molecule has 3 rings (SSSR count). The van der Waals surface area contributed by atoms with Gasteiger partial charge < -0.3 is 14.6 Å². The number of nitrogens with one attached hydrogen (secondary N) is 1. The van der Waals surface area contributed by atoms with Crippen molar-refractivity contribution in [1.82, 2.24) is 5.23 Å². The van der Waals surface area contributed by atoms with E-state index in [0.717, 1.165) is 0 Å². The lowest BCUT2D eigenvalue weighted by Crippen LogP contribution is -2.26. The Morgan fingerprint density at radius 2 is 1.70 bits per heavy atom. The second-order valence-corrected chi connectivity index (χ2v) is 4.85. The largest absolute Gasteiger partial charge is 0.417 e. The third kappa shape index (κ3) is 3.28. The third-order valence-electron chi connectivity index (χ3n) is 3.41. The second-order valence-electron chi connectivity index (χ2n) is 4.85. The topological polar surface area (TPSA) is 30.5 Å². The molecule has 20 heavy (non-hydrogen) atoms. The molecular weight excluding hydrogens is 249 g/mol. The molecular formula is C16H17BNO2. The van der Waals surface area contributed by atoms with E-state index in [0.29, 0.717) is 13.2 Å². The lowest BCUT2D eigenvalue weighted by molar-refractivity contribution is 0.0425. The molecule has 1 aliphatic heterocycles. The molecule has 3 nitrogen and oxygen atoms in total. The molecule has 2 aromatic rings. The molecule has 0 unspecified atom stereocenters. The van der Waals surface area contributed by atoms with E-state index in [1.807, 2.05) is 36.4 Å². The Kier molecular flexibility index (Phi) is 4.48. The van der Waals surface area contributed by atoms with E-state index in [-0.39, 0.29) is 12.1 Å². The van der Waals surface area contributed by atoms with E-state index in [1.54, 1.807) is 7.62 Å². The van der Waals surface area contributed by atoms with Crippen molar-refractivity contribution in [2.45, 2.75) is 18.8 Å². The maximum Gasteiger partial charge on any atom is 0.396 e. The summed E-state index contributed by atoms with van der Waals surface area (Å²) in [6, 6.07) is 20.6. The lowest BCUT2D eigenvalue weighted by atomic mass is 10.0. The number of benzene rings is 2. The molecule has 0 aliphatic carbocycles. The molecule has 0 spiro atoms. The molecule has 0 saturated carbocycles. The van der Waals surface area contributed by atoms with Crippen molar-refractivity contribution in [2.75, 3.05) is 6.61 Å². The molecule has 1 fully saturated rings. The molecule has 1 heterocycles. The first-order chi connectivity index (χ1) is 9.93. The van der Waals surface area contributed by atoms with Gasteiger partial charge in [0.2, 0.25) is 0 Å². The smallest absolute Gasteiger partial charge is 0.396 e. The molecule has 1 aliphatic rings. The van der Waals surface area contributed by atoms with Gasteiger partial charge in [0, 0.05) is 0 Å². The van der Waals surface area contributed by atoms with Gasteiger partial charge in [0.25, 0.3) is 0 Å². The van der Waals surface area contributed by atoms with Gasteiger partial charge >= 0.3 is 7.62 Å². The highest BCUT2D eigenvalue weighted by atomic mass is 16.5. The molecule has 1 N–H and O–H groups in total. The van der Waals surface area contributed by atoms with Crippen molar-refractivity contribution in [3.05, 3.63) is 71.8 Å². The van der Waals surface area contributed by atoms with Crippen LogP contribution in [0, 0.1) is 0 Å². The van der Waals surface area contributed by atoms with E-state index >= 15 is 0 Å². The van der Waals surface area contributed by atoms with Gasteiger partial charge in [-0.05, 0) is 11.1 Å². The van der Waals surface area contributed by atoms with Gasteiger partial charge in [0.15, 0.2) is 0 Å². The normalized spacial score (nSPS) is 21.6. The van der Waals surface area contributed by atoms with Gasteiger partial charge in [-0.1, -0.05) is 60.7 Å². The fourth-order valence-electron chi connectivity index (χ4n) is 2.36. The summed E-state index contributed by atoms with van der Waals surface area (Å²) >= 11 is 0. The van der Waals surface area contributed by atoms with Crippen molar-refractivity contribution in [1.29, 1.82) is 0 Å². The van der Waals surface area contributed by atoms with E-state index in [4.69, 9.17) is 9.39 Å². The number of rotatable bonds is 5. The van der Waals surface area contributed by atoms with Crippen LogP contribution >= 0.6 is 0 Å². The van der Waals surface area contributed by atoms with Crippen molar-refractivity contribution < 1.29 is 9.39 Å². The first-order valence-corrected chi connectivity index (χ1v) is 6.83. The number of ether oxygens (including phenoxy) is 1. The molecule has 101 valence electrons. The summed E-state index contributed by atoms with van der Waals surface area (Å²) < 4.78 is 11.4. The van der Waals surface area contributed by atoms with Crippen LogP contribution < -0.4 is 5.23 Å². The maximum absolute atomic E-state index is 5.77.